The Morgan fingerprint density at radius 1 is 1.47 bits per heavy atom. The Labute approximate surface area is 111 Å². The van der Waals surface area contributed by atoms with E-state index < -0.39 is 11.7 Å². The molecule has 0 saturated carbocycles. The van der Waals surface area contributed by atoms with Gasteiger partial charge in [0.25, 0.3) is 5.91 Å². The largest absolute Gasteiger partial charge is 0.394 e. The van der Waals surface area contributed by atoms with Crippen molar-refractivity contribution in [3.8, 4) is 0 Å². The number of rotatable bonds is 5. The predicted octanol–water partition coefficient (Wildman–Crippen LogP) is 0.395. The minimum absolute atomic E-state index is 0.153. The lowest BCUT2D eigenvalue weighted by molar-refractivity contribution is -0.131. The number of carbonyl (C=O) groups excluding carboxylic acids is 2. The number of likely N-dealkylation sites (N-methyl/N-ethyl adjacent to an activating group) is 1. The van der Waals surface area contributed by atoms with Crippen molar-refractivity contribution in [3.05, 3.63) is 35.6 Å². The second kappa shape index (κ2) is 6.84. The summed E-state index contributed by atoms with van der Waals surface area (Å²) in [5, 5.41) is 11.3. The number of halogens is 1. The Hall–Kier alpha value is -1.95. The fraction of sp³-hybridized carbons (Fsp3) is 0.385. The molecule has 19 heavy (non-hydrogen) atoms. The molecule has 6 heteroatoms. The van der Waals surface area contributed by atoms with Crippen molar-refractivity contribution in [2.24, 2.45) is 0 Å². The summed E-state index contributed by atoms with van der Waals surface area (Å²) in [7, 11) is 1.54. The van der Waals surface area contributed by atoms with Gasteiger partial charge >= 0.3 is 0 Å². The minimum atomic E-state index is -0.516. The van der Waals surface area contributed by atoms with Gasteiger partial charge in [-0.1, -0.05) is 6.07 Å². The second-order valence-corrected chi connectivity index (χ2v) is 4.23. The van der Waals surface area contributed by atoms with Gasteiger partial charge in [0.15, 0.2) is 0 Å². The molecule has 0 aliphatic heterocycles. The summed E-state index contributed by atoms with van der Waals surface area (Å²) in [6, 6.07) is 4.89. The molecule has 5 nitrogen and oxygen atoms in total. The fourth-order valence-corrected chi connectivity index (χ4v) is 1.38. The van der Waals surface area contributed by atoms with Crippen LogP contribution in [0.4, 0.5) is 4.39 Å². The van der Waals surface area contributed by atoms with E-state index in [1.54, 1.807) is 6.92 Å². The Kier molecular flexibility index (Phi) is 5.44. The van der Waals surface area contributed by atoms with Crippen molar-refractivity contribution in [3.63, 3.8) is 0 Å². The van der Waals surface area contributed by atoms with Crippen molar-refractivity contribution < 1.29 is 19.1 Å². The van der Waals surface area contributed by atoms with Crippen molar-refractivity contribution in [1.82, 2.24) is 10.2 Å². The zero-order valence-electron chi connectivity index (χ0n) is 10.9. The van der Waals surface area contributed by atoms with Crippen LogP contribution in [-0.2, 0) is 4.79 Å². The van der Waals surface area contributed by atoms with Crippen LogP contribution >= 0.6 is 0 Å². The van der Waals surface area contributed by atoms with Gasteiger partial charge in [-0.2, -0.15) is 0 Å². The Balaban J connectivity index is 2.53. The summed E-state index contributed by atoms with van der Waals surface area (Å²) in [6.07, 6.45) is 0. The van der Waals surface area contributed by atoms with Gasteiger partial charge in [-0.05, 0) is 25.1 Å². The Bertz CT molecular complexity index is 465. The van der Waals surface area contributed by atoms with Gasteiger partial charge in [0, 0.05) is 12.6 Å². The highest BCUT2D eigenvalue weighted by Gasteiger charge is 2.16. The van der Waals surface area contributed by atoms with Crippen molar-refractivity contribution >= 4 is 11.8 Å². The molecular formula is C13H17FN2O3. The summed E-state index contributed by atoms with van der Waals surface area (Å²) in [5.74, 6) is -1.35. The number of nitrogens with one attached hydrogen (secondary N) is 1. The van der Waals surface area contributed by atoms with Crippen LogP contribution in [-0.4, -0.2) is 48.1 Å². The molecule has 0 spiro atoms. The normalized spacial score (nSPS) is 11.8. The monoisotopic (exact) mass is 268 g/mol. The van der Waals surface area contributed by atoms with Crippen LogP contribution in [0.25, 0.3) is 0 Å². The number of aliphatic hydroxyl groups excluding tert-OH is 1. The standard InChI is InChI=1S/C13H17FN2O3/c1-9(8-17)16(2)12(18)7-15-13(19)10-4-3-5-11(14)6-10/h3-6,9,17H,7-8H2,1-2H3,(H,15,19). The van der Waals surface area contributed by atoms with Gasteiger partial charge in [0.2, 0.25) is 5.91 Å². The topological polar surface area (TPSA) is 69.6 Å². The van der Waals surface area contributed by atoms with Gasteiger partial charge < -0.3 is 15.3 Å². The smallest absolute Gasteiger partial charge is 0.251 e. The van der Waals surface area contributed by atoms with Crippen LogP contribution in [0.3, 0.4) is 0 Å². The molecule has 104 valence electrons. The third kappa shape index (κ3) is 4.33. The first-order valence-electron chi connectivity index (χ1n) is 5.86. The highest BCUT2D eigenvalue weighted by molar-refractivity contribution is 5.96. The molecule has 2 N–H and O–H groups in total. The maximum atomic E-state index is 12.9. The van der Waals surface area contributed by atoms with Gasteiger partial charge in [-0.3, -0.25) is 9.59 Å². The van der Waals surface area contributed by atoms with E-state index in [9.17, 15) is 14.0 Å². The number of amides is 2. The van der Waals surface area contributed by atoms with E-state index in [1.807, 2.05) is 0 Å². The number of hydrogen-bond acceptors (Lipinski definition) is 3. The molecule has 2 amide bonds. The molecular weight excluding hydrogens is 251 g/mol. The van der Waals surface area contributed by atoms with E-state index in [2.05, 4.69) is 5.32 Å². The van der Waals surface area contributed by atoms with Gasteiger partial charge in [-0.25, -0.2) is 4.39 Å². The number of hydrogen-bond donors (Lipinski definition) is 2. The number of aliphatic hydroxyl groups is 1. The van der Waals surface area contributed by atoms with E-state index in [0.717, 1.165) is 6.07 Å². The number of benzene rings is 1. The quantitative estimate of drug-likeness (QED) is 0.812. The molecule has 1 rings (SSSR count). The van der Waals surface area contributed by atoms with Gasteiger partial charge in [0.1, 0.15) is 5.82 Å². The molecule has 1 unspecified atom stereocenters. The van der Waals surface area contributed by atoms with Crippen LogP contribution in [0.1, 0.15) is 17.3 Å². The molecule has 0 bridgehead atoms. The molecule has 0 aromatic heterocycles. The molecule has 0 aliphatic rings. The van der Waals surface area contributed by atoms with Crippen LogP contribution in [0.2, 0.25) is 0 Å². The molecule has 0 fully saturated rings. The van der Waals surface area contributed by atoms with E-state index in [4.69, 9.17) is 5.11 Å². The zero-order valence-corrected chi connectivity index (χ0v) is 10.9. The van der Waals surface area contributed by atoms with Crippen molar-refractivity contribution in [2.75, 3.05) is 20.2 Å². The molecule has 0 heterocycles. The Morgan fingerprint density at radius 3 is 2.74 bits per heavy atom. The highest BCUT2D eigenvalue weighted by atomic mass is 19.1. The summed E-state index contributed by atoms with van der Waals surface area (Å²) >= 11 is 0. The lowest BCUT2D eigenvalue weighted by Gasteiger charge is -2.23. The predicted molar refractivity (Wildman–Crippen MR) is 68.1 cm³/mol. The van der Waals surface area contributed by atoms with Crippen molar-refractivity contribution in [1.29, 1.82) is 0 Å². The zero-order chi connectivity index (χ0) is 14.4. The lowest BCUT2D eigenvalue weighted by Crippen LogP contribution is -2.43. The van der Waals surface area contributed by atoms with Crippen LogP contribution in [0.15, 0.2) is 24.3 Å². The number of nitrogens with zero attached hydrogens (tertiary/aromatic N) is 1. The molecule has 0 aliphatic carbocycles. The number of carbonyl (C=O) groups is 2. The fourth-order valence-electron chi connectivity index (χ4n) is 1.38. The molecule has 1 aromatic rings. The SMILES string of the molecule is CC(CO)N(C)C(=O)CNC(=O)c1cccc(F)c1. The van der Waals surface area contributed by atoms with E-state index in [-0.39, 0.29) is 30.7 Å². The van der Waals surface area contributed by atoms with Crippen LogP contribution in [0, 0.1) is 5.82 Å². The van der Waals surface area contributed by atoms with E-state index in [0.29, 0.717) is 0 Å². The highest BCUT2D eigenvalue weighted by Crippen LogP contribution is 2.03. The third-order valence-electron chi connectivity index (χ3n) is 2.81. The first-order chi connectivity index (χ1) is 8.95. The van der Waals surface area contributed by atoms with Crippen molar-refractivity contribution in [2.45, 2.75) is 13.0 Å². The van der Waals surface area contributed by atoms with Crippen LogP contribution < -0.4 is 5.32 Å². The summed E-state index contributed by atoms with van der Waals surface area (Å²) in [5.41, 5.74) is 0.158. The lowest BCUT2D eigenvalue weighted by atomic mass is 10.2. The first kappa shape index (κ1) is 15.1. The maximum absolute atomic E-state index is 12.9. The molecule has 1 atom stereocenters. The van der Waals surface area contributed by atoms with Crippen LogP contribution in [0.5, 0.6) is 0 Å². The molecule has 0 radical (unpaired) electrons. The molecule has 0 saturated heterocycles. The first-order valence-corrected chi connectivity index (χ1v) is 5.86. The maximum Gasteiger partial charge on any atom is 0.251 e. The van der Waals surface area contributed by atoms with Gasteiger partial charge in [-0.15, -0.1) is 0 Å². The average Bonchev–Trinajstić information content (AvgIpc) is 2.42. The summed E-state index contributed by atoms with van der Waals surface area (Å²) in [6.45, 7) is 1.34. The Morgan fingerprint density at radius 2 is 2.16 bits per heavy atom. The summed E-state index contributed by atoms with van der Waals surface area (Å²) < 4.78 is 12.9. The van der Waals surface area contributed by atoms with E-state index in [1.165, 1.54) is 30.1 Å². The van der Waals surface area contributed by atoms with Gasteiger partial charge in [0.05, 0.1) is 19.2 Å². The second-order valence-electron chi connectivity index (χ2n) is 4.23. The average molecular weight is 268 g/mol. The molecule has 1 aromatic carbocycles. The summed E-state index contributed by atoms with van der Waals surface area (Å²) in [4.78, 5) is 24.7. The third-order valence-corrected chi connectivity index (χ3v) is 2.81. The minimum Gasteiger partial charge on any atom is -0.394 e. The van der Waals surface area contributed by atoms with E-state index >= 15 is 0 Å².